The molecule has 0 radical (unpaired) electrons. The third kappa shape index (κ3) is 2.08. The molecule has 2 heterocycles. The van der Waals surface area contributed by atoms with Crippen LogP contribution in [0.2, 0.25) is 5.02 Å². The van der Waals surface area contributed by atoms with Crippen LogP contribution in [0, 0.1) is 0 Å². The first-order valence-corrected chi connectivity index (χ1v) is 6.65. The Labute approximate surface area is 122 Å². The lowest BCUT2D eigenvalue weighted by Crippen LogP contribution is -2.07. The van der Waals surface area contributed by atoms with Crippen molar-refractivity contribution in [2.24, 2.45) is 0 Å². The highest BCUT2D eigenvalue weighted by molar-refractivity contribution is 6.30. The molecule has 0 spiro atoms. The van der Waals surface area contributed by atoms with E-state index in [4.69, 9.17) is 17.3 Å². The molecule has 102 valence electrons. The van der Waals surface area contributed by atoms with E-state index < -0.39 is 0 Å². The Hall–Kier alpha value is -2.20. The lowest BCUT2D eigenvalue weighted by atomic mass is 10.1. The number of nitrogen functional groups attached to an aromatic ring is 1. The summed E-state index contributed by atoms with van der Waals surface area (Å²) in [5.41, 5.74) is 9.82. The van der Waals surface area contributed by atoms with Crippen molar-refractivity contribution in [1.29, 1.82) is 0 Å². The second-order valence-electron chi connectivity index (χ2n) is 4.86. The molecular formula is C15H15ClN4. The maximum atomic E-state index is 6.17. The van der Waals surface area contributed by atoms with Crippen LogP contribution in [-0.4, -0.2) is 23.5 Å². The van der Waals surface area contributed by atoms with Crippen LogP contribution in [0.15, 0.2) is 42.6 Å². The highest BCUT2D eigenvalue weighted by Crippen LogP contribution is 2.28. The predicted molar refractivity (Wildman–Crippen MR) is 84.4 cm³/mol. The van der Waals surface area contributed by atoms with Crippen molar-refractivity contribution >= 4 is 28.8 Å². The van der Waals surface area contributed by atoms with E-state index in [1.807, 2.05) is 49.0 Å². The highest BCUT2D eigenvalue weighted by atomic mass is 35.5. The van der Waals surface area contributed by atoms with Gasteiger partial charge in [-0.25, -0.2) is 4.98 Å². The first kappa shape index (κ1) is 12.8. The molecule has 0 fully saturated rings. The topological polar surface area (TPSA) is 46.6 Å². The number of nitrogens with two attached hydrogens (primary N) is 1. The number of nitrogens with zero attached hydrogens (tertiary/aromatic N) is 3. The van der Waals surface area contributed by atoms with Crippen molar-refractivity contribution < 1.29 is 0 Å². The van der Waals surface area contributed by atoms with Gasteiger partial charge in [0, 0.05) is 42.6 Å². The summed E-state index contributed by atoms with van der Waals surface area (Å²) < 4.78 is 1.83. The van der Waals surface area contributed by atoms with Gasteiger partial charge >= 0.3 is 0 Å². The number of imidazole rings is 1. The molecule has 2 N–H and O–H groups in total. The molecule has 0 aliphatic heterocycles. The molecule has 0 saturated heterocycles. The number of hydrogen-bond acceptors (Lipinski definition) is 3. The molecule has 20 heavy (non-hydrogen) atoms. The highest BCUT2D eigenvalue weighted by Gasteiger charge is 2.11. The first-order valence-electron chi connectivity index (χ1n) is 6.27. The molecule has 4 nitrogen and oxygen atoms in total. The van der Waals surface area contributed by atoms with Gasteiger partial charge in [-0.3, -0.25) is 4.40 Å². The van der Waals surface area contributed by atoms with E-state index in [9.17, 15) is 0 Å². The Kier molecular flexibility index (Phi) is 3.03. The standard InChI is InChI=1S/C15H15ClN4/c1-19(2)12-5-3-10(4-6-12)14-15(17)20-8-7-11(16)9-13(20)18-14/h3-9H,17H2,1-2H3. The van der Waals surface area contributed by atoms with Crippen LogP contribution in [0.5, 0.6) is 0 Å². The van der Waals surface area contributed by atoms with E-state index in [2.05, 4.69) is 9.88 Å². The summed E-state index contributed by atoms with van der Waals surface area (Å²) in [6, 6.07) is 11.7. The first-order chi connectivity index (χ1) is 9.56. The van der Waals surface area contributed by atoms with Gasteiger partial charge in [-0.2, -0.15) is 0 Å². The normalized spacial score (nSPS) is 10.9. The predicted octanol–water partition coefficient (Wildman–Crippen LogP) is 3.30. The number of hydrogen-bond donors (Lipinski definition) is 1. The third-order valence-electron chi connectivity index (χ3n) is 3.28. The molecule has 3 aromatic rings. The smallest absolute Gasteiger partial charge is 0.140 e. The molecule has 0 aliphatic carbocycles. The fraction of sp³-hybridized carbons (Fsp3) is 0.133. The zero-order chi connectivity index (χ0) is 14.3. The van der Waals surface area contributed by atoms with Gasteiger partial charge in [0.2, 0.25) is 0 Å². The van der Waals surface area contributed by atoms with Gasteiger partial charge in [-0.15, -0.1) is 0 Å². The van der Waals surface area contributed by atoms with Gasteiger partial charge in [0.15, 0.2) is 0 Å². The van der Waals surface area contributed by atoms with Crippen LogP contribution >= 0.6 is 11.6 Å². The molecule has 5 heteroatoms. The quantitative estimate of drug-likeness (QED) is 0.786. The molecule has 0 saturated carbocycles. The lowest BCUT2D eigenvalue weighted by molar-refractivity contribution is 1.13. The molecule has 1 aromatic carbocycles. The zero-order valence-electron chi connectivity index (χ0n) is 11.3. The molecule has 3 rings (SSSR count). The average molecular weight is 287 g/mol. The number of halogens is 1. The summed E-state index contributed by atoms with van der Waals surface area (Å²) in [7, 11) is 4.02. The Bertz CT molecular complexity index is 759. The Morgan fingerprint density at radius 2 is 1.85 bits per heavy atom. The lowest BCUT2D eigenvalue weighted by Gasteiger charge is -2.12. The van der Waals surface area contributed by atoms with Gasteiger partial charge in [-0.1, -0.05) is 23.7 Å². The fourth-order valence-electron chi connectivity index (χ4n) is 2.17. The summed E-state index contributed by atoms with van der Waals surface area (Å²) in [6.45, 7) is 0. The fourth-order valence-corrected chi connectivity index (χ4v) is 2.32. The molecule has 0 bridgehead atoms. The molecule has 0 aliphatic rings. The van der Waals surface area contributed by atoms with Gasteiger partial charge in [0.05, 0.1) is 0 Å². The van der Waals surface area contributed by atoms with Crippen LogP contribution in [0.4, 0.5) is 11.5 Å². The van der Waals surface area contributed by atoms with Crippen LogP contribution in [0.1, 0.15) is 0 Å². The second kappa shape index (κ2) is 4.72. The number of fused-ring (bicyclic) bond motifs is 1. The van der Waals surface area contributed by atoms with E-state index >= 15 is 0 Å². The Morgan fingerprint density at radius 1 is 1.15 bits per heavy atom. The van der Waals surface area contributed by atoms with E-state index in [1.165, 1.54) is 0 Å². The van der Waals surface area contributed by atoms with E-state index in [1.54, 1.807) is 12.1 Å². The van der Waals surface area contributed by atoms with Gasteiger partial charge < -0.3 is 10.6 Å². The van der Waals surface area contributed by atoms with Crippen LogP contribution < -0.4 is 10.6 Å². The minimum Gasteiger partial charge on any atom is -0.383 e. The summed E-state index contributed by atoms with van der Waals surface area (Å²) in [6.07, 6.45) is 1.83. The van der Waals surface area contributed by atoms with E-state index in [0.29, 0.717) is 10.8 Å². The van der Waals surface area contributed by atoms with Crippen molar-refractivity contribution in [1.82, 2.24) is 9.38 Å². The molecular weight excluding hydrogens is 272 g/mol. The summed E-state index contributed by atoms with van der Waals surface area (Å²) >= 11 is 5.98. The summed E-state index contributed by atoms with van der Waals surface area (Å²) in [4.78, 5) is 6.61. The monoisotopic (exact) mass is 286 g/mol. The number of pyridine rings is 1. The van der Waals surface area contributed by atoms with Crippen molar-refractivity contribution in [3.8, 4) is 11.3 Å². The van der Waals surface area contributed by atoms with E-state index in [-0.39, 0.29) is 0 Å². The summed E-state index contributed by atoms with van der Waals surface area (Å²) in [5, 5.41) is 0.650. The molecule has 0 amide bonds. The van der Waals surface area contributed by atoms with Crippen molar-refractivity contribution in [3.63, 3.8) is 0 Å². The van der Waals surface area contributed by atoms with Gasteiger partial charge in [0.25, 0.3) is 0 Å². The van der Waals surface area contributed by atoms with Gasteiger partial charge in [-0.05, 0) is 18.2 Å². The number of aromatic nitrogens is 2. The maximum Gasteiger partial charge on any atom is 0.140 e. The van der Waals surface area contributed by atoms with Crippen molar-refractivity contribution in [2.45, 2.75) is 0 Å². The van der Waals surface area contributed by atoms with Crippen LogP contribution in [-0.2, 0) is 0 Å². The number of benzene rings is 1. The molecule has 0 unspecified atom stereocenters. The van der Waals surface area contributed by atoms with E-state index in [0.717, 1.165) is 22.6 Å². The maximum absolute atomic E-state index is 6.17. The largest absolute Gasteiger partial charge is 0.383 e. The van der Waals surface area contributed by atoms with Gasteiger partial charge in [0.1, 0.15) is 17.2 Å². The molecule has 0 atom stereocenters. The van der Waals surface area contributed by atoms with Crippen LogP contribution in [0.25, 0.3) is 16.9 Å². The van der Waals surface area contributed by atoms with Crippen molar-refractivity contribution in [2.75, 3.05) is 24.7 Å². The minimum atomic E-state index is 0.620. The molecule has 2 aromatic heterocycles. The number of rotatable bonds is 2. The second-order valence-corrected chi connectivity index (χ2v) is 5.30. The average Bonchev–Trinajstić information content (AvgIpc) is 2.75. The number of anilines is 2. The third-order valence-corrected chi connectivity index (χ3v) is 3.52. The SMILES string of the molecule is CN(C)c1ccc(-c2nc3cc(Cl)ccn3c2N)cc1. The van der Waals surface area contributed by atoms with Crippen molar-refractivity contribution in [3.05, 3.63) is 47.6 Å². The minimum absolute atomic E-state index is 0.620. The van der Waals surface area contributed by atoms with Crippen LogP contribution in [0.3, 0.4) is 0 Å². The Morgan fingerprint density at radius 3 is 2.50 bits per heavy atom. The summed E-state index contributed by atoms with van der Waals surface area (Å²) in [5.74, 6) is 0.620. The zero-order valence-corrected chi connectivity index (χ0v) is 12.1. The Balaban J connectivity index is 2.11.